The van der Waals surface area contributed by atoms with E-state index in [9.17, 15) is 9.59 Å². The number of hydrogen-bond donors (Lipinski definition) is 0. The zero-order valence-electron chi connectivity index (χ0n) is 11.8. The van der Waals surface area contributed by atoms with Gasteiger partial charge in [0, 0.05) is 18.9 Å². The number of ketones is 1. The highest BCUT2D eigenvalue weighted by molar-refractivity contribution is 6.11. The molecule has 0 amide bonds. The third-order valence-electron chi connectivity index (χ3n) is 4.94. The van der Waals surface area contributed by atoms with Gasteiger partial charge in [-0.25, -0.2) is 0 Å². The number of esters is 1. The normalized spacial score (nSPS) is 45.4. The molecule has 0 aromatic heterocycles. The predicted molar refractivity (Wildman–Crippen MR) is 69.6 cm³/mol. The maximum atomic E-state index is 12.6. The van der Waals surface area contributed by atoms with E-state index in [1.165, 1.54) is 20.3 Å². The van der Waals surface area contributed by atoms with Crippen LogP contribution in [0.25, 0.3) is 0 Å². The highest BCUT2D eigenvalue weighted by Crippen LogP contribution is 2.58. The maximum Gasteiger partial charge on any atom is 0.320 e. The Hall–Kier alpha value is -1.46. The van der Waals surface area contributed by atoms with Crippen LogP contribution >= 0.6 is 0 Å². The molecule has 20 heavy (non-hydrogen) atoms. The number of ether oxygens (including phenoxy) is 3. The molecule has 3 rings (SSSR count). The van der Waals surface area contributed by atoms with Crippen molar-refractivity contribution in [2.75, 3.05) is 20.8 Å². The van der Waals surface area contributed by atoms with Crippen molar-refractivity contribution in [3.8, 4) is 0 Å². The topological polar surface area (TPSA) is 61.8 Å². The van der Waals surface area contributed by atoms with E-state index in [1.807, 2.05) is 19.1 Å². The van der Waals surface area contributed by atoms with Crippen LogP contribution in [-0.4, -0.2) is 38.4 Å². The van der Waals surface area contributed by atoms with E-state index in [0.717, 1.165) is 0 Å². The SMILES string of the molecule is COC(=O)[C@@]12C(=O)C=C[C@@]3(OC)OC[C@@H](C=C[C@H]1C)[C@H]32. The molecular formula is C15H18O5. The first-order valence-electron chi connectivity index (χ1n) is 6.72. The molecule has 0 saturated carbocycles. The molecule has 5 atom stereocenters. The van der Waals surface area contributed by atoms with Gasteiger partial charge in [-0.05, 0) is 18.1 Å². The van der Waals surface area contributed by atoms with Crippen LogP contribution in [0.4, 0.5) is 0 Å². The third kappa shape index (κ3) is 1.34. The molecule has 0 unspecified atom stereocenters. The quantitative estimate of drug-likeness (QED) is 0.430. The number of carbonyl (C=O) groups excluding carboxylic acids is 2. The lowest BCUT2D eigenvalue weighted by Crippen LogP contribution is -2.61. The van der Waals surface area contributed by atoms with Crippen molar-refractivity contribution in [1.29, 1.82) is 0 Å². The van der Waals surface area contributed by atoms with Gasteiger partial charge in [0.2, 0.25) is 0 Å². The molecule has 1 heterocycles. The lowest BCUT2D eigenvalue weighted by atomic mass is 9.54. The van der Waals surface area contributed by atoms with E-state index in [0.29, 0.717) is 6.61 Å². The van der Waals surface area contributed by atoms with Crippen molar-refractivity contribution < 1.29 is 23.8 Å². The fourth-order valence-corrected chi connectivity index (χ4v) is 3.97. The summed E-state index contributed by atoms with van der Waals surface area (Å²) >= 11 is 0. The zero-order valence-corrected chi connectivity index (χ0v) is 11.8. The van der Waals surface area contributed by atoms with Crippen molar-refractivity contribution in [1.82, 2.24) is 0 Å². The molecule has 0 spiro atoms. The van der Waals surface area contributed by atoms with Gasteiger partial charge < -0.3 is 14.2 Å². The van der Waals surface area contributed by atoms with Crippen molar-refractivity contribution in [3.05, 3.63) is 24.3 Å². The summed E-state index contributed by atoms with van der Waals surface area (Å²) in [6, 6.07) is 0. The predicted octanol–water partition coefficient (Wildman–Crippen LogP) is 1.10. The largest absolute Gasteiger partial charge is 0.468 e. The third-order valence-corrected chi connectivity index (χ3v) is 4.94. The minimum Gasteiger partial charge on any atom is -0.468 e. The van der Waals surface area contributed by atoms with Crippen LogP contribution in [0, 0.1) is 23.2 Å². The van der Waals surface area contributed by atoms with Crippen molar-refractivity contribution >= 4 is 11.8 Å². The summed E-state index contributed by atoms with van der Waals surface area (Å²) in [5.74, 6) is -2.43. The Morgan fingerprint density at radius 3 is 2.80 bits per heavy atom. The lowest BCUT2D eigenvalue weighted by Gasteiger charge is -2.49. The number of rotatable bonds is 2. The molecule has 5 heteroatoms. The Labute approximate surface area is 117 Å². The molecular weight excluding hydrogens is 260 g/mol. The second-order valence-corrected chi connectivity index (χ2v) is 5.61. The molecule has 0 radical (unpaired) electrons. The summed E-state index contributed by atoms with van der Waals surface area (Å²) in [6.07, 6.45) is 6.95. The summed E-state index contributed by atoms with van der Waals surface area (Å²) in [6.45, 7) is 2.29. The van der Waals surface area contributed by atoms with E-state index < -0.39 is 17.2 Å². The fourth-order valence-electron chi connectivity index (χ4n) is 3.97. The van der Waals surface area contributed by atoms with Crippen molar-refractivity contribution in [2.45, 2.75) is 12.7 Å². The van der Waals surface area contributed by atoms with E-state index >= 15 is 0 Å². The summed E-state index contributed by atoms with van der Waals surface area (Å²) in [7, 11) is 2.85. The summed E-state index contributed by atoms with van der Waals surface area (Å²) in [5.41, 5.74) is -1.25. The first-order valence-corrected chi connectivity index (χ1v) is 6.72. The standard InChI is InChI=1S/C15H18O5/c1-9-4-5-10-8-20-14(19-3)7-6-11(16)15(9,12(10)14)13(17)18-2/h4-7,9-10,12H,8H2,1-3H3/t9-,10-,12-,14-,15-/m1/s1. The van der Waals surface area contributed by atoms with Crippen LogP contribution in [0.5, 0.6) is 0 Å². The monoisotopic (exact) mass is 278 g/mol. The van der Waals surface area contributed by atoms with Gasteiger partial charge in [0.25, 0.3) is 0 Å². The smallest absolute Gasteiger partial charge is 0.320 e. The molecule has 1 fully saturated rings. The van der Waals surface area contributed by atoms with Crippen molar-refractivity contribution in [2.24, 2.45) is 23.2 Å². The van der Waals surface area contributed by atoms with Crippen LogP contribution in [0.3, 0.4) is 0 Å². The Morgan fingerprint density at radius 2 is 2.15 bits per heavy atom. The van der Waals surface area contributed by atoms with Gasteiger partial charge >= 0.3 is 5.97 Å². The number of carbonyl (C=O) groups is 2. The summed E-state index contributed by atoms with van der Waals surface area (Å²) in [4.78, 5) is 25.1. The molecule has 108 valence electrons. The van der Waals surface area contributed by atoms with Gasteiger partial charge in [-0.3, -0.25) is 9.59 Å². The average Bonchev–Trinajstić information content (AvgIpc) is 2.85. The molecule has 5 nitrogen and oxygen atoms in total. The maximum absolute atomic E-state index is 12.6. The second kappa shape index (κ2) is 4.27. The van der Waals surface area contributed by atoms with E-state index in [4.69, 9.17) is 14.2 Å². The minimum absolute atomic E-state index is 0.0286. The Kier molecular flexibility index (Phi) is 2.88. The summed E-state index contributed by atoms with van der Waals surface area (Å²) < 4.78 is 16.3. The van der Waals surface area contributed by atoms with E-state index in [2.05, 4.69) is 0 Å². The zero-order chi connectivity index (χ0) is 14.5. The Balaban J connectivity index is 2.26. The number of allylic oxidation sites excluding steroid dienone is 2. The molecule has 0 aromatic carbocycles. The highest BCUT2D eigenvalue weighted by atomic mass is 16.7. The van der Waals surface area contributed by atoms with Gasteiger partial charge in [0.1, 0.15) is 5.41 Å². The van der Waals surface area contributed by atoms with Crippen LogP contribution in [0.1, 0.15) is 6.92 Å². The molecule has 0 N–H and O–H groups in total. The van der Waals surface area contributed by atoms with Crippen LogP contribution in [0.15, 0.2) is 24.3 Å². The first-order chi connectivity index (χ1) is 9.52. The van der Waals surface area contributed by atoms with Gasteiger partial charge in [-0.2, -0.15) is 0 Å². The Bertz CT molecular complexity index is 522. The molecule has 0 bridgehead atoms. The first kappa shape index (κ1) is 13.5. The highest BCUT2D eigenvalue weighted by Gasteiger charge is 2.69. The molecule has 0 aromatic rings. The molecule has 3 aliphatic rings. The molecule has 1 aliphatic heterocycles. The van der Waals surface area contributed by atoms with Crippen LogP contribution < -0.4 is 0 Å². The average molecular weight is 278 g/mol. The lowest BCUT2D eigenvalue weighted by molar-refractivity contribution is -0.216. The fraction of sp³-hybridized carbons (Fsp3) is 0.600. The molecule has 2 aliphatic carbocycles. The summed E-state index contributed by atoms with van der Waals surface area (Å²) in [5, 5.41) is 0. The van der Waals surface area contributed by atoms with Gasteiger partial charge in [-0.1, -0.05) is 19.1 Å². The van der Waals surface area contributed by atoms with Gasteiger partial charge in [0.05, 0.1) is 13.7 Å². The van der Waals surface area contributed by atoms with Crippen LogP contribution in [-0.2, 0) is 23.8 Å². The van der Waals surface area contributed by atoms with E-state index in [-0.39, 0.29) is 23.5 Å². The molecule has 1 saturated heterocycles. The van der Waals surface area contributed by atoms with E-state index in [1.54, 1.807) is 6.08 Å². The van der Waals surface area contributed by atoms with Crippen LogP contribution in [0.2, 0.25) is 0 Å². The van der Waals surface area contributed by atoms with Crippen molar-refractivity contribution in [3.63, 3.8) is 0 Å². The minimum atomic E-state index is -1.25. The Morgan fingerprint density at radius 1 is 1.40 bits per heavy atom. The number of hydrogen-bond acceptors (Lipinski definition) is 5. The number of methoxy groups -OCH3 is 2. The van der Waals surface area contributed by atoms with Gasteiger partial charge in [0.15, 0.2) is 11.6 Å². The van der Waals surface area contributed by atoms with Gasteiger partial charge in [-0.15, -0.1) is 0 Å². The second-order valence-electron chi connectivity index (χ2n) is 5.61.